The molecule has 74 valence electrons. The van der Waals surface area contributed by atoms with Gasteiger partial charge in [-0.3, -0.25) is 5.32 Å². The lowest BCUT2D eigenvalue weighted by Gasteiger charge is -2.13. The van der Waals surface area contributed by atoms with Crippen LogP contribution in [0.4, 0.5) is 0 Å². The Kier molecular flexibility index (Phi) is 4.99. The molecule has 0 aliphatic carbocycles. The van der Waals surface area contributed by atoms with Gasteiger partial charge in [0.15, 0.2) is 0 Å². The molecule has 0 aliphatic heterocycles. The topological polar surface area (TPSA) is 12.0 Å². The third-order valence-electron chi connectivity index (χ3n) is 2.05. The maximum Gasteiger partial charge on any atom is 0.0581 e. The van der Waals surface area contributed by atoms with E-state index in [9.17, 15) is 0 Å². The largest absolute Gasteiger partial charge is 0.300 e. The molecule has 0 radical (unpaired) electrons. The first kappa shape index (κ1) is 11.5. The molecule has 0 aromatic heterocycles. The molecule has 1 nitrogen and oxygen atoms in total. The van der Waals surface area contributed by atoms with E-state index in [1.165, 1.54) is 9.13 Å². The first-order chi connectivity index (χ1) is 6.75. The van der Waals surface area contributed by atoms with Crippen LogP contribution >= 0.6 is 22.6 Å². The molecule has 0 heterocycles. The van der Waals surface area contributed by atoms with E-state index < -0.39 is 0 Å². The van der Waals surface area contributed by atoms with Crippen LogP contribution in [0.1, 0.15) is 25.5 Å². The summed E-state index contributed by atoms with van der Waals surface area (Å²) in [7, 11) is 0. The van der Waals surface area contributed by atoms with Crippen LogP contribution in [-0.4, -0.2) is 6.54 Å². The average molecular weight is 299 g/mol. The smallest absolute Gasteiger partial charge is 0.0581 e. The number of halogens is 1. The molecule has 0 spiro atoms. The van der Waals surface area contributed by atoms with Gasteiger partial charge >= 0.3 is 0 Å². The molecule has 0 saturated carbocycles. The Hall–Kier alpha value is -0.530. The molecule has 1 N–H and O–H groups in total. The van der Waals surface area contributed by atoms with Crippen molar-refractivity contribution in [1.29, 1.82) is 0 Å². The molecule has 1 aromatic carbocycles. The summed E-state index contributed by atoms with van der Waals surface area (Å²) in [5, 5.41) is 3.36. The lowest BCUT2D eigenvalue weighted by Crippen LogP contribution is -2.19. The summed E-state index contributed by atoms with van der Waals surface area (Å²) in [6, 6.07) is 8.77. The normalized spacial score (nSPS) is 11.6. The van der Waals surface area contributed by atoms with Gasteiger partial charge in [-0.1, -0.05) is 24.1 Å². The van der Waals surface area contributed by atoms with Crippen LogP contribution in [0, 0.1) is 15.4 Å². The fourth-order valence-electron chi connectivity index (χ4n) is 1.23. The van der Waals surface area contributed by atoms with Crippen molar-refractivity contribution in [3.8, 4) is 11.8 Å². The second-order valence-electron chi connectivity index (χ2n) is 3.05. The van der Waals surface area contributed by atoms with Crippen molar-refractivity contribution in [1.82, 2.24) is 5.32 Å². The summed E-state index contributed by atoms with van der Waals surface area (Å²) in [6.07, 6.45) is 0. The minimum atomic E-state index is 0.365. The SMILES string of the molecule is CC#CCNC(C)c1ccccc1I. The predicted octanol–water partition coefficient (Wildman–Crippen LogP) is 2.97. The van der Waals surface area contributed by atoms with Gasteiger partial charge in [-0.05, 0) is 48.1 Å². The van der Waals surface area contributed by atoms with E-state index in [0.717, 1.165) is 6.54 Å². The zero-order valence-electron chi connectivity index (χ0n) is 8.47. The van der Waals surface area contributed by atoms with Gasteiger partial charge in [0.1, 0.15) is 0 Å². The Balaban J connectivity index is 2.63. The van der Waals surface area contributed by atoms with E-state index in [2.05, 4.69) is 70.9 Å². The average Bonchev–Trinajstić information content (AvgIpc) is 2.18. The summed E-state index contributed by atoms with van der Waals surface area (Å²) in [5.41, 5.74) is 1.34. The molecule has 0 saturated heterocycles. The molecule has 1 atom stereocenters. The van der Waals surface area contributed by atoms with E-state index >= 15 is 0 Å². The first-order valence-corrected chi connectivity index (χ1v) is 5.71. The summed E-state index contributed by atoms with van der Waals surface area (Å²) >= 11 is 2.36. The Morgan fingerprint density at radius 1 is 1.43 bits per heavy atom. The van der Waals surface area contributed by atoms with Crippen molar-refractivity contribution in [3.63, 3.8) is 0 Å². The second-order valence-corrected chi connectivity index (χ2v) is 4.21. The molecule has 14 heavy (non-hydrogen) atoms. The van der Waals surface area contributed by atoms with Crippen molar-refractivity contribution in [3.05, 3.63) is 33.4 Å². The van der Waals surface area contributed by atoms with Gasteiger partial charge in [-0.2, -0.15) is 0 Å². The number of rotatable bonds is 3. The molecule has 2 heteroatoms. The number of nitrogens with one attached hydrogen (secondary N) is 1. The maximum absolute atomic E-state index is 3.36. The van der Waals surface area contributed by atoms with Crippen molar-refractivity contribution in [2.45, 2.75) is 19.9 Å². The Morgan fingerprint density at radius 3 is 2.79 bits per heavy atom. The van der Waals surface area contributed by atoms with E-state index in [4.69, 9.17) is 0 Å². The lowest BCUT2D eigenvalue weighted by molar-refractivity contribution is 0.620. The fourth-order valence-corrected chi connectivity index (χ4v) is 2.08. The van der Waals surface area contributed by atoms with E-state index in [0.29, 0.717) is 6.04 Å². The van der Waals surface area contributed by atoms with Crippen molar-refractivity contribution < 1.29 is 0 Å². The van der Waals surface area contributed by atoms with Crippen LogP contribution in [0.5, 0.6) is 0 Å². The van der Waals surface area contributed by atoms with Gasteiger partial charge in [0.25, 0.3) is 0 Å². The van der Waals surface area contributed by atoms with E-state index in [-0.39, 0.29) is 0 Å². The molecule has 0 fully saturated rings. The van der Waals surface area contributed by atoms with Gasteiger partial charge in [0.2, 0.25) is 0 Å². The Morgan fingerprint density at radius 2 is 2.14 bits per heavy atom. The van der Waals surface area contributed by atoms with E-state index in [1.54, 1.807) is 0 Å². The molecule has 1 aromatic rings. The van der Waals surface area contributed by atoms with Gasteiger partial charge < -0.3 is 0 Å². The fraction of sp³-hybridized carbons (Fsp3) is 0.333. The van der Waals surface area contributed by atoms with Crippen molar-refractivity contribution in [2.24, 2.45) is 0 Å². The highest BCUT2D eigenvalue weighted by Crippen LogP contribution is 2.18. The molecular weight excluding hydrogens is 285 g/mol. The number of hydrogen-bond donors (Lipinski definition) is 1. The third kappa shape index (κ3) is 3.32. The predicted molar refractivity (Wildman–Crippen MR) is 69.0 cm³/mol. The summed E-state index contributed by atoms with van der Waals surface area (Å²) in [5.74, 6) is 5.88. The summed E-state index contributed by atoms with van der Waals surface area (Å²) in [6.45, 7) is 4.77. The van der Waals surface area contributed by atoms with Crippen LogP contribution in [0.3, 0.4) is 0 Å². The standard InChI is InChI=1S/C12H14IN/c1-3-4-9-14-10(2)11-7-5-6-8-12(11)13/h5-8,10,14H,9H2,1-2H3. The summed E-state index contributed by atoms with van der Waals surface area (Å²) < 4.78 is 1.30. The number of benzene rings is 1. The van der Waals surface area contributed by atoms with Crippen LogP contribution in [0.25, 0.3) is 0 Å². The highest BCUT2D eigenvalue weighted by atomic mass is 127. The monoisotopic (exact) mass is 299 g/mol. The highest BCUT2D eigenvalue weighted by molar-refractivity contribution is 14.1. The molecular formula is C12H14IN. The van der Waals surface area contributed by atoms with Crippen molar-refractivity contribution >= 4 is 22.6 Å². The molecule has 1 unspecified atom stereocenters. The molecule has 0 amide bonds. The van der Waals surface area contributed by atoms with Crippen molar-refractivity contribution in [2.75, 3.05) is 6.54 Å². The molecule has 1 rings (SSSR count). The van der Waals surface area contributed by atoms with Gasteiger partial charge in [0, 0.05) is 9.61 Å². The first-order valence-electron chi connectivity index (χ1n) is 4.63. The zero-order valence-corrected chi connectivity index (χ0v) is 10.6. The second kappa shape index (κ2) is 6.05. The van der Waals surface area contributed by atoms with Gasteiger partial charge in [-0.15, -0.1) is 5.92 Å². The van der Waals surface area contributed by atoms with Crippen LogP contribution < -0.4 is 5.32 Å². The van der Waals surface area contributed by atoms with Crippen LogP contribution in [0.2, 0.25) is 0 Å². The Labute approximate surface area is 99.4 Å². The van der Waals surface area contributed by atoms with Gasteiger partial charge in [-0.25, -0.2) is 0 Å². The third-order valence-corrected chi connectivity index (χ3v) is 3.03. The van der Waals surface area contributed by atoms with E-state index in [1.807, 2.05) is 6.92 Å². The van der Waals surface area contributed by atoms with Crippen LogP contribution in [0.15, 0.2) is 24.3 Å². The Bertz CT molecular complexity index is 349. The number of hydrogen-bond acceptors (Lipinski definition) is 1. The minimum Gasteiger partial charge on any atom is -0.300 e. The summed E-state index contributed by atoms with van der Waals surface area (Å²) in [4.78, 5) is 0. The lowest BCUT2D eigenvalue weighted by atomic mass is 10.1. The maximum atomic E-state index is 3.36. The van der Waals surface area contributed by atoms with Gasteiger partial charge in [0.05, 0.1) is 6.54 Å². The molecule has 0 bridgehead atoms. The highest BCUT2D eigenvalue weighted by Gasteiger charge is 2.06. The minimum absolute atomic E-state index is 0.365. The quantitative estimate of drug-likeness (QED) is 0.668. The van der Waals surface area contributed by atoms with Crippen LogP contribution in [-0.2, 0) is 0 Å². The zero-order chi connectivity index (χ0) is 10.4. The molecule has 0 aliphatic rings.